The highest BCUT2D eigenvalue weighted by Crippen LogP contribution is 2.33. The zero-order chi connectivity index (χ0) is 27.5. The Bertz CT molecular complexity index is 1250. The maximum Gasteiger partial charge on any atom is 0.251 e. The second-order valence-corrected chi connectivity index (χ2v) is 8.91. The van der Waals surface area contributed by atoms with Gasteiger partial charge in [-0.25, -0.2) is 0 Å². The van der Waals surface area contributed by atoms with Crippen molar-refractivity contribution in [3.05, 3.63) is 95.6 Å². The van der Waals surface area contributed by atoms with Crippen LogP contribution in [-0.4, -0.2) is 55.7 Å². The summed E-state index contributed by atoms with van der Waals surface area (Å²) >= 11 is 0. The first-order valence-corrected chi connectivity index (χ1v) is 13.0. The minimum absolute atomic E-state index is 0.114. The Hall–Kier alpha value is -4.37. The number of amides is 3. The molecule has 0 unspecified atom stereocenters. The number of carbonyl (C=O) groups is 3. The molecule has 1 aliphatic heterocycles. The van der Waals surface area contributed by atoms with Gasteiger partial charge in [0.1, 0.15) is 6.04 Å². The van der Waals surface area contributed by atoms with Gasteiger partial charge in [0, 0.05) is 31.9 Å². The first-order chi connectivity index (χ1) is 19.1. The number of fused-ring (bicyclic) bond motifs is 1. The van der Waals surface area contributed by atoms with Crippen LogP contribution in [0.4, 0.5) is 0 Å². The van der Waals surface area contributed by atoms with Gasteiger partial charge < -0.3 is 29.7 Å². The van der Waals surface area contributed by atoms with Gasteiger partial charge in [0.15, 0.2) is 11.5 Å². The highest BCUT2D eigenvalue weighted by atomic mass is 16.7. The van der Waals surface area contributed by atoms with E-state index in [1.54, 1.807) is 36.4 Å². The summed E-state index contributed by atoms with van der Waals surface area (Å²) in [7, 11) is 0. The predicted octanol–water partition coefficient (Wildman–Crippen LogP) is 3.46. The molecule has 3 aromatic carbocycles. The fraction of sp³-hybridized carbons (Fsp3) is 0.300. The van der Waals surface area contributed by atoms with Gasteiger partial charge >= 0.3 is 0 Å². The molecular weight excluding hydrogens is 498 g/mol. The molecule has 3 amide bonds. The van der Waals surface area contributed by atoms with Crippen molar-refractivity contribution in [1.29, 1.82) is 0 Å². The second kappa shape index (κ2) is 14.0. The molecule has 9 nitrogen and oxygen atoms in total. The van der Waals surface area contributed by atoms with Crippen molar-refractivity contribution in [2.75, 3.05) is 33.1 Å². The molecule has 0 aromatic heterocycles. The van der Waals surface area contributed by atoms with E-state index in [2.05, 4.69) is 10.6 Å². The fourth-order valence-corrected chi connectivity index (χ4v) is 4.24. The molecular formula is C30H33N3O6. The molecule has 0 radical (unpaired) electrons. The van der Waals surface area contributed by atoms with E-state index in [1.165, 1.54) is 4.90 Å². The van der Waals surface area contributed by atoms with Crippen molar-refractivity contribution < 1.29 is 28.6 Å². The largest absolute Gasteiger partial charge is 0.454 e. The standard InChI is InChI=1S/C30H33N3O6/c1-2-37-17-9-16-31-30(36)28(23-10-5-3-6-11-23)33(20-22-14-15-25-26(18-22)39-21-38-25)27(34)19-32-29(35)24-12-7-4-8-13-24/h3-8,10-15,18,28H,2,9,16-17,19-21H2,1H3,(H,31,36)(H,32,35)/t28-/m0/s1. The van der Waals surface area contributed by atoms with Gasteiger partial charge in [-0.3, -0.25) is 14.4 Å². The lowest BCUT2D eigenvalue weighted by molar-refractivity contribution is -0.140. The first kappa shape index (κ1) is 27.7. The molecule has 1 atom stereocenters. The summed E-state index contributed by atoms with van der Waals surface area (Å²) < 4.78 is 16.3. The van der Waals surface area contributed by atoms with Crippen LogP contribution in [0.15, 0.2) is 78.9 Å². The van der Waals surface area contributed by atoms with Crippen molar-refractivity contribution in [1.82, 2.24) is 15.5 Å². The van der Waals surface area contributed by atoms with Crippen LogP contribution in [0.25, 0.3) is 0 Å². The van der Waals surface area contributed by atoms with Crippen molar-refractivity contribution in [3.63, 3.8) is 0 Å². The van der Waals surface area contributed by atoms with Gasteiger partial charge in [-0.2, -0.15) is 0 Å². The molecule has 39 heavy (non-hydrogen) atoms. The van der Waals surface area contributed by atoms with Crippen LogP contribution in [0.1, 0.15) is 40.9 Å². The summed E-state index contributed by atoms with van der Waals surface area (Å²) in [5.41, 5.74) is 1.86. The minimum atomic E-state index is -0.926. The Morgan fingerprint density at radius 2 is 1.64 bits per heavy atom. The van der Waals surface area contributed by atoms with E-state index in [0.29, 0.717) is 48.8 Å². The Labute approximate surface area is 228 Å². The number of ether oxygens (including phenoxy) is 3. The normalized spacial score (nSPS) is 12.4. The lowest BCUT2D eigenvalue weighted by atomic mass is 10.0. The maximum atomic E-state index is 13.7. The Balaban J connectivity index is 1.58. The lowest BCUT2D eigenvalue weighted by Crippen LogP contribution is -2.47. The van der Waals surface area contributed by atoms with Gasteiger partial charge in [0.25, 0.3) is 5.91 Å². The van der Waals surface area contributed by atoms with Crippen LogP contribution >= 0.6 is 0 Å². The lowest BCUT2D eigenvalue weighted by Gasteiger charge is -2.32. The summed E-state index contributed by atoms with van der Waals surface area (Å²) in [6.07, 6.45) is 0.643. The van der Waals surface area contributed by atoms with E-state index >= 15 is 0 Å². The molecule has 1 aliphatic rings. The summed E-state index contributed by atoms with van der Waals surface area (Å²) in [6, 6.07) is 22.3. The quantitative estimate of drug-likeness (QED) is 0.327. The number of hydrogen-bond donors (Lipinski definition) is 2. The number of carbonyl (C=O) groups excluding carboxylic acids is 3. The zero-order valence-electron chi connectivity index (χ0n) is 21.9. The minimum Gasteiger partial charge on any atom is -0.454 e. The van der Waals surface area contributed by atoms with Crippen molar-refractivity contribution >= 4 is 17.7 Å². The Morgan fingerprint density at radius 3 is 2.38 bits per heavy atom. The van der Waals surface area contributed by atoms with E-state index < -0.39 is 11.9 Å². The number of benzene rings is 3. The van der Waals surface area contributed by atoms with E-state index in [0.717, 1.165) is 5.56 Å². The zero-order valence-corrected chi connectivity index (χ0v) is 21.9. The molecule has 0 saturated carbocycles. The summed E-state index contributed by atoms with van der Waals surface area (Å²) in [6.45, 7) is 3.41. The number of nitrogens with zero attached hydrogens (tertiary/aromatic N) is 1. The maximum absolute atomic E-state index is 13.7. The molecule has 0 spiro atoms. The molecule has 0 bridgehead atoms. The van der Waals surface area contributed by atoms with Crippen LogP contribution in [0, 0.1) is 0 Å². The number of hydrogen-bond acceptors (Lipinski definition) is 6. The Morgan fingerprint density at radius 1 is 0.923 bits per heavy atom. The van der Waals surface area contributed by atoms with Gasteiger partial charge in [-0.15, -0.1) is 0 Å². The third-order valence-electron chi connectivity index (χ3n) is 6.19. The third kappa shape index (κ3) is 7.58. The molecule has 4 rings (SSSR count). The molecule has 9 heteroatoms. The Kier molecular flexibility index (Phi) is 9.91. The van der Waals surface area contributed by atoms with Crippen molar-refractivity contribution in [3.8, 4) is 11.5 Å². The van der Waals surface area contributed by atoms with Crippen molar-refractivity contribution in [2.24, 2.45) is 0 Å². The molecule has 1 heterocycles. The van der Waals surface area contributed by atoms with Crippen LogP contribution in [0.5, 0.6) is 11.5 Å². The van der Waals surface area contributed by atoms with E-state index in [9.17, 15) is 14.4 Å². The molecule has 0 aliphatic carbocycles. The van der Waals surface area contributed by atoms with E-state index in [4.69, 9.17) is 14.2 Å². The number of rotatable bonds is 13. The average molecular weight is 532 g/mol. The topological polar surface area (TPSA) is 106 Å². The van der Waals surface area contributed by atoms with Crippen molar-refractivity contribution in [2.45, 2.75) is 25.9 Å². The SMILES string of the molecule is CCOCCCNC(=O)[C@H](c1ccccc1)N(Cc1ccc2c(c1)OCO2)C(=O)CNC(=O)c1ccccc1. The summed E-state index contributed by atoms with van der Waals surface area (Å²) in [4.78, 5) is 41.4. The summed E-state index contributed by atoms with van der Waals surface area (Å²) in [5.74, 6) is 0.104. The first-order valence-electron chi connectivity index (χ1n) is 13.0. The van der Waals surface area contributed by atoms with Crippen LogP contribution in [-0.2, 0) is 20.9 Å². The third-order valence-corrected chi connectivity index (χ3v) is 6.19. The monoisotopic (exact) mass is 531 g/mol. The van der Waals surface area contributed by atoms with E-state index in [1.807, 2.05) is 49.4 Å². The van der Waals surface area contributed by atoms with Gasteiger partial charge in [-0.1, -0.05) is 54.6 Å². The van der Waals surface area contributed by atoms with E-state index in [-0.39, 0.29) is 31.7 Å². The van der Waals surface area contributed by atoms with Crippen LogP contribution in [0.3, 0.4) is 0 Å². The molecule has 2 N–H and O–H groups in total. The molecule has 204 valence electrons. The van der Waals surface area contributed by atoms with Gasteiger partial charge in [0.05, 0.1) is 6.54 Å². The highest BCUT2D eigenvalue weighted by Gasteiger charge is 2.32. The smallest absolute Gasteiger partial charge is 0.251 e. The highest BCUT2D eigenvalue weighted by molar-refractivity contribution is 5.97. The molecule has 3 aromatic rings. The fourth-order valence-electron chi connectivity index (χ4n) is 4.24. The molecule has 0 fully saturated rings. The number of nitrogens with one attached hydrogen (secondary N) is 2. The van der Waals surface area contributed by atoms with Crippen LogP contribution in [0.2, 0.25) is 0 Å². The second-order valence-electron chi connectivity index (χ2n) is 8.91. The van der Waals surface area contributed by atoms with Gasteiger partial charge in [-0.05, 0) is 48.7 Å². The van der Waals surface area contributed by atoms with Gasteiger partial charge in [0.2, 0.25) is 18.6 Å². The van der Waals surface area contributed by atoms with Crippen LogP contribution < -0.4 is 20.1 Å². The predicted molar refractivity (Wildman–Crippen MR) is 145 cm³/mol. The summed E-state index contributed by atoms with van der Waals surface area (Å²) in [5, 5.41) is 5.64. The molecule has 0 saturated heterocycles. The average Bonchev–Trinajstić information content (AvgIpc) is 3.44.